The summed E-state index contributed by atoms with van der Waals surface area (Å²) in [5.74, 6) is 3.31. The number of pyridine rings is 3. The van der Waals surface area contributed by atoms with E-state index < -0.39 is 0 Å². The second-order valence-corrected chi connectivity index (χ2v) is 28.9. The van der Waals surface area contributed by atoms with E-state index in [0.717, 1.165) is 161 Å². The third-order valence-corrected chi connectivity index (χ3v) is 19.5. The number of amides is 1. The summed E-state index contributed by atoms with van der Waals surface area (Å²) in [7, 11) is 0. The largest absolute Gasteiger partial charge is 0.364 e. The maximum Gasteiger partial charge on any atom is 0.227 e. The lowest BCUT2D eigenvalue weighted by atomic mass is 9.91. The van der Waals surface area contributed by atoms with Gasteiger partial charge in [0.05, 0.1) is 36.1 Å². The summed E-state index contributed by atoms with van der Waals surface area (Å²) in [5, 5.41) is 20.6. The Morgan fingerprint density at radius 1 is 0.406 bits per heavy atom. The maximum atomic E-state index is 11.4. The maximum absolute atomic E-state index is 11.4. The van der Waals surface area contributed by atoms with E-state index in [1.807, 2.05) is 115 Å². The molecule has 0 spiro atoms. The molecule has 1 amide bonds. The van der Waals surface area contributed by atoms with E-state index in [-0.39, 0.29) is 41.4 Å². The molecule has 9 heterocycles. The van der Waals surface area contributed by atoms with E-state index in [2.05, 4.69) is 171 Å². The van der Waals surface area contributed by atoms with E-state index >= 15 is 0 Å². The molecule has 3 fully saturated rings. The van der Waals surface area contributed by atoms with Gasteiger partial charge >= 0.3 is 0 Å². The third-order valence-electron chi connectivity index (χ3n) is 19.4. The molecule has 0 bridgehead atoms. The van der Waals surface area contributed by atoms with E-state index in [9.17, 15) is 4.79 Å². The first kappa shape index (κ1) is 75.1. The van der Waals surface area contributed by atoms with Crippen molar-refractivity contribution in [2.45, 2.75) is 200 Å². The number of halogens is 1. The van der Waals surface area contributed by atoms with Gasteiger partial charge in [-0.05, 0) is 165 Å². The van der Waals surface area contributed by atoms with Crippen molar-refractivity contribution in [3.05, 3.63) is 187 Å². The molecule has 0 atom stereocenters. The lowest BCUT2D eigenvalue weighted by molar-refractivity contribution is -0.119. The fraction of sp³-hybridized carbons (Fsp3) is 0.388. The summed E-state index contributed by atoms with van der Waals surface area (Å²) >= 11 is 6.11. The minimum absolute atomic E-state index is 0.0350. The highest BCUT2D eigenvalue weighted by molar-refractivity contribution is 6.28. The Labute approximate surface area is 624 Å². The lowest BCUT2D eigenvalue weighted by Gasteiger charge is -2.29. The van der Waals surface area contributed by atoms with Gasteiger partial charge in [-0.15, -0.1) is 0 Å². The quantitative estimate of drug-likeness (QED) is 0.0320. The Morgan fingerprint density at radius 3 is 1.04 bits per heavy atom. The number of nitrogens with zero attached hydrogens (tertiary/aromatic N) is 15. The number of carbonyl (C=O) groups is 1. The van der Waals surface area contributed by atoms with Crippen molar-refractivity contribution in [1.82, 2.24) is 78.8 Å². The van der Waals surface area contributed by atoms with Crippen LogP contribution in [0.2, 0.25) is 5.28 Å². The van der Waals surface area contributed by atoms with E-state index in [0.29, 0.717) is 72.9 Å². The number of hydrogen-bond acceptors (Lipinski definition) is 21. The van der Waals surface area contributed by atoms with Gasteiger partial charge in [0.25, 0.3) is 0 Å². The summed E-state index contributed by atoms with van der Waals surface area (Å²) < 4.78 is 6.13. The van der Waals surface area contributed by atoms with Gasteiger partial charge in [-0.2, -0.15) is 29.9 Å². The van der Waals surface area contributed by atoms with E-state index in [1.54, 1.807) is 13.3 Å². The highest BCUT2D eigenvalue weighted by Gasteiger charge is 2.26. The van der Waals surface area contributed by atoms with Gasteiger partial charge in [0.1, 0.15) is 0 Å². The average molecular weight is 1450 g/mol. The molecular weight excluding hydrogens is 1350 g/mol. The standard InChI is InChI=1S/C28H34N8O.C26H32N8.C20H19ClN6.C6H14N2/c1-18(2)36-17-31-25-26(30-16-20-9-14-24(29-15-20)21-7-5-4-6-8-21)34-28(35-27(25)36)33-23-12-10-22(11-13-23)32-19(3)37;1-17(2)34-16-30-23-24(32-26(33-25(23)34)31-21-11-9-20(27)10-12-21)29-15-18-8-13-22(28-14-18)19-6-4-3-5-7-19;1-13(2)27-12-24-17-18(25-20(21)26-19(17)27)23-11-14-8-9-16(22-10-14)15-6-4-3-5-7-15;7-5-1-2-6(8)4-3-5/h4-9,14-15,17-18,22-23H,10-13,16H2,1-3H3,(H,32,37)(H2,30,33,34,35);3-8,13-14,16-17,20-21H,9-12,15,27H2,1-2H3,(H2,29,31,32,33);3-10,12-13H,11H2,1-2H3,(H,23,25,26);5-6H,1-4,7-8H2. The number of carbonyl (C=O) groups excluding carboxylic acids is 1. The topological polar surface area (TPSA) is 337 Å². The van der Waals surface area contributed by atoms with Crippen LogP contribution in [0, 0.1) is 0 Å². The number of fused-ring (bicyclic) bond motifs is 3. The van der Waals surface area contributed by atoms with Crippen LogP contribution in [0.5, 0.6) is 0 Å². The average Bonchev–Trinajstić information content (AvgIpc) is 1.62. The van der Waals surface area contributed by atoms with E-state index in [4.69, 9.17) is 48.7 Å². The van der Waals surface area contributed by atoms with Gasteiger partial charge in [0.15, 0.2) is 50.9 Å². The monoisotopic (exact) mass is 1450 g/mol. The normalized spacial score (nSPS) is 17.9. The number of hydrogen-bond donors (Lipinski definition) is 9. The number of nitrogens with one attached hydrogen (secondary N) is 6. The summed E-state index contributed by atoms with van der Waals surface area (Å²) in [6.07, 6.45) is 23.5. The second kappa shape index (κ2) is 35.9. The van der Waals surface area contributed by atoms with Crippen molar-refractivity contribution in [2.24, 2.45) is 17.2 Å². The van der Waals surface area contributed by atoms with Crippen molar-refractivity contribution in [1.29, 1.82) is 0 Å². The van der Waals surface area contributed by atoms with Crippen molar-refractivity contribution >= 4 is 80.4 Å². The summed E-state index contributed by atoms with van der Waals surface area (Å²) in [6, 6.07) is 45.6. The predicted molar refractivity (Wildman–Crippen MR) is 425 cm³/mol. The fourth-order valence-electron chi connectivity index (χ4n) is 13.3. The summed E-state index contributed by atoms with van der Waals surface area (Å²) in [4.78, 5) is 66.8. The number of nitrogens with two attached hydrogens (primary N) is 3. The van der Waals surface area contributed by atoms with Crippen molar-refractivity contribution < 1.29 is 4.79 Å². The first-order valence-electron chi connectivity index (χ1n) is 37.1. The Balaban J connectivity index is 0.000000143. The van der Waals surface area contributed by atoms with Crippen LogP contribution in [0.25, 0.3) is 67.3 Å². The molecule has 0 aliphatic heterocycles. The fourth-order valence-corrected chi connectivity index (χ4v) is 13.4. The van der Waals surface area contributed by atoms with Gasteiger partial charge in [-0.25, -0.2) is 15.0 Å². The molecule has 15 rings (SSSR count). The molecule has 25 nitrogen and oxygen atoms in total. The third kappa shape index (κ3) is 20.1. The van der Waals surface area contributed by atoms with Gasteiger partial charge in [-0.3, -0.25) is 19.7 Å². The second-order valence-electron chi connectivity index (χ2n) is 28.5. The van der Waals surface area contributed by atoms with Gasteiger partial charge < -0.3 is 62.8 Å². The number of rotatable bonds is 20. The molecule has 3 aromatic carbocycles. The molecule has 12 aromatic rings. The number of anilines is 5. The molecule has 3 aliphatic carbocycles. The molecule has 0 unspecified atom stereocenters. The number of aromatic nitrogens is 15. The van der Waals surface area contributed by atoms with Gasteiger partial charge in [0.2, 0.25) is 23.1 Å². The molecular formula is C80H99ClN24O. The zero-order valence-corrected chi connectivity index (χ0v) is 62.4. The highest BCUT2D eigenvalue weighted by Crippen LogP contribution is 2.31. The van der Waals surface area contributed by atoms with Crippen molar-refractivity contribution in [3.8, 4) is 33.8 Å². The van der Waals surface area contributed by atoms with Crippen LogP contribution in [0.4, 0.5) is 29.4 Å². The van der Waals surface area contributed by atoms with Crippen LogP contribution in [0.15, 0.2) is 165 Å². The molecule has 3 aliphatic rings. The highest BCUT2D eigenvalue weighted by atomic mass is 35.5. The summed E-state index contributed by atoms with van der Waals surface area (Å²) in [5.41, 5.74) is 31.3. The van der Waals surface area contributed by atoms with Gasteiger partial charge in [0, 0.05) is 116 Å². The molecule has 9 aromatic heterocycles. The molecule has 552 valence electrons. The Kier molecular flexibility index (Phi) is 25.5. The van der Waals surface area contributed by atoms with Crippen LogP contribution >= 0.6 is 11.6 Å². The van der Waals surface area contributed by atoms with Crippen molar-refractivity contribution in [3.63, 3.8) is 0 Å². The Bertz CT molecular complexity index is 4730. The van der Waals surface area contributed by atoms with E-state index in [1.165, 1.54) is 0 Å². The predicted octanol–water partition coefficient (Wildman–Crippen LogP) is 14.7. The molecule has 106 heavy (non-hydrogen) atoms. The number of imidazole rings is 3. The van der Waals surface area contributed by atoms with Crippen molar-refractivity contribution in [2.75, 3.05) is 26.6 Å². The Morgan fingerprint density at radius 2 is 0.717 bits per heavy atom. The van der Waals surface area contributed by atoms with Crippen LogP contribution < -0.4 is 49.1 Å². The zero-order valence-electron chi connectivity index (χ0n) is 61.6. The van der Waals surface area contributed by atoms with Crippen LogP contribution in [-0.2, 0) is 24.4 Å². The summed E-state index contributed by atoms with van der Waals surface area (Å²) in [6.45, 7) is 16.0. The molecule has 3 saturated carbocycles. The molecule has 12 N–H and O–H groups in total. The SMILES string of the molecule is CC(=O)NC1CCC(Nc2nc(NCc3ccc(-c4ccccc4)nc3)c3ncn(C(C)C)c3n2)CC1.CC(C)n1cnc2c(NCc3ccc(-c4ccccc4)nc3)nc(Cl)nc21.CC(C)n1cnc2c(NCc3ccc(-c4ccccc4)nc3)nc(NC3CCC(N)CC3)nc21.NC1CCC(N)CC1. The van der Waals surface area contributed by atoms with Crippen LogP contribution in [-0.4, -0.2) is 116 Å². The zero-order chi connectivity index (χ0) is 74.1. The minimum atomic E-state index is 0.0350. The van der Waals surface area contributed by atoms with Crippen LogP contribution in [0.1, 0.15) is 160 Å². The molecule has 26 heteroatoms. The molecule has 0 saturated heterocycles. The van der Waals surface area contributed by atoms with Gasteiger partial charge in [-0.1, -0.05) is 109 Å². The minimum Gasteiger partial charge on any atom is -0.364 e. The Hall–Kier alpha value is -10.6. The molecule has 0 radical (unpaired) electrons. The number of benzene rings is 3. The first-order chi connectivity index (χ1) is 51.4. The van der Waals surface area contributed by atoms with Crippen LogP contribution in [0.3, 0.4) is 0 Å². The lowest BCUT2D eigenvalue weighted by Crippen LogP contribution is -2.39. The smallest absolute Gasteiger partial charge is 0.227 e. The first-order valence-corrected chi connectivity index (χ1v) is 37.5.